The Labute approximate surface area is 152 Å². The second-order valence-electron chi connectivity index (χ2n) is 8.37. The molecule has 2 saturated carbocycles. The second-order valence-corrected chi connectivity index (χ2v) is 8.37. The van der Waals surface area contributed by atoms with Gasteiger partial charge < -0.3 is 15.5 Å². The fourth-order valence-electron chi connectivity index (χ4n) is 4.85. The lowest BCUT2D eigenvalue weighted by atomic mass is 9.85. The van der Waals surface area contributed by atoms with E-state index in [0.29, 0.717) is 32.6 Å². The van der Waals surface area contributed by atoms with Crippen LogP contribution in [0.3, 0.4) is 0 Å². The zero-order valence-corrected chi connectivity index (χ0v) is 15.6. The van der Waals surface area contributed by atoms with Crippen molar-refractivity contribution < 1.29 is 9.59 Å². The molecule has 0 aromatic carbocycles. The maximum Gasteiger partial charge on any atom is 0.225 e. The van der Waals surface area contributed by atoms with E-state index < -0.39 is 0 Å². The smallest absolute Gasteiger partial charge is 0.225 e. The van der Waals surface area contributed by atoms with Gasteiger partial charge in [0.1, 0.15) is 0 Å². The Balaban J connectivity index is 1.38. The summed E-state index contributed by atoms with van der Waals surface area (Å²) in [5.74, 6) is 1.43. The Bertz CT molecular complexity index is 454. The van der Waals surface area contributed by atoms with Gasteiger partial charge in [0.05, 0.1) is 0 Å². The van der Waals surface area contributed by atoms with Crippen molar-refractivity contribution in [3.8, 4) is 0 Å². The largest absolute Gasteiger partial charge is 0.339 e. The lowest BCUT2D eigenvalue weighted by Crippen LogP contribution is -2.52. The maximum absolute atomic E-state index is 12.7. The SMILES string of the molecule is NC1CCCC(C(=O)N2CCN(C(=O)CCC3CCCCC3)CC2)C1. The van der Waals surface area contributed by atoms with Gasteiger partial charge in [0.2, 0.25) is 11.8 Å². The van der Waals surface area contributed by atoms with Crippen molar-refractivity contribution >= 4 is 11.8 Å². The van der Waals surface area contributed by atoms with Gasteiger partial charge in [-0.15, -0.1) is 0 Å². The van der Waals surface area contributed by atoms with Crippen LogP contribution in [0.4, 0.5) is 0 Å². The number of hydrogen-bond donors (Lipinski definition) is 1. The van der Waals surface area contributed by atoms with Gasteiger partial charge in [0.25, 0.3) is 0 Å². The van der Waals surface area contributed by atoms with Gasteiger partial charge in [0, 0.05) is 44.6 Å². The fourth-order valence-corrected chi connectivity index (χ4v) is 4.85. The summed E-state index contributed by atoms with van der Waals surface area (Å²) in [7, 11) is 0. The van der Waals surface area contributed by atoms with Crippen LogP contribution in [-0.2, 0) is 9.59 Å². The van der Waals surface area contributed by atoms with Crippen LogP contribution in [0.1, 0.15) is 70.6 Å². The Morgan fingerprint density at radius 3 is 2.20 bits per heavy atom. The average Bonchev–Trinajstić information content (AvgIpc) is 2.66. The molecule has 0 aromatic heterocycles. The van der Waals surface area contributed by atoms with E-state index in [1.54, 1.807) is 0 Å². The number of carbonyl (C=O) groups excluding carboxylic acids is 2. The van der Waals surface area contributed by atoms with Crippen LogP contribution < -0.4 is 5.73 Å². The number of hydrogen-bond acceptors (Lipinski definition) is 3. The Kier molecular flexibility index (Phi) is 6.74. The second kappa shape index (κ2) is 9.02. The molecular formula is C20H35N3O2. The summed E-state index contributed by atoms with van der Waals surface area (Å²) in [4.78, 5) is 29.1. The molecule has 3 rings (SSSR count). The summed E-state index contributed by atoms with van der Waals surface area (Å²) in [6.07, 6.45) is 12.3. The van der Waals surface area contributed by atoms with Gasteiger partial charge >= 0.3 is 0 Å². The predicted octanol–water partition coefficient (Wildman–Crippen LogP) is 2.54. The lowest BCUT2D eigenvalue weighted by Gasteiger charge is -2.38. The molecule has 3 fully saturated rings. The van der Waals surface area contributed by atoms with E-state index in [1.165, 1.54) is 32.1 Å². The monoisotopic (exact) mass is 349 g/mol. The van der Waals surface area contributed by atoms with Gasteiger partial charge in [-0.2, -0.15) is 0 Å². The van der Waals surface area contributed by atoms with Crippen molar-refractivity contribution in [2.75, 3.05) is 26.2 Å². The average molecular weight is 350 g/mol. The molecule has 2 unspecified atom stereocenters. The molecule has 1 heterocycles. The number of amides is 2. The predicted molar refractivity (Wildman–Crippen MR) is 98.9 cm³/mol. The minimum atomic E-state index is 0.109. The Hall–Kier alpha value is -1.10. The van der Waals surface area contributed by atoms with Crippen molar-refractivity contribution in [2.45, 2.75) is 76.7 Å². The van der Waals surface area contributed by atoms with E-state index in [9.17, 15) is 9.59 Å². The number of carbonyl (C=O) groups is 2. The third-order valence-corrected chi connectivity index (χ3v) is 6.50. The van der Waals surface area contributed by atoms with Crippen molar-refractivity contribution in [3.05, 3.63) is 0 Å². The van der Waals surface area contributed by atoms with E-state index in [1.807, 2.05) is 9.80 Å². The molecule has 142 valence electrons. The molecule has 5 heteroatoms. The van der Waals surface area contributed by atoms with Crippen molar-refractivity contribution in [3.63, 3.8) is 0 Å². The van der Waals surface area contributed by atoms with Crippen LogP contribution >= 0.6 is 0 Å². The van der Waals surface area contributed by atoms with Gasteiger partial charge in [-0.25, -0.2) is 0 Å². The Morgan fingerprint density at radius 2 is 1.52 bits per heavy atom. The molecule has 0 aromatic rings. The molecule has 0 bridgehead atoms. The number of rotatable bonds is 4. The highest BCUT2D eigenvalue weighted by Crippen LogP contribution is 2.28. The topological polar surface area (TPSA) is 66.6 Å². The van der Waals surface area contributed by atoms with Gasteiger partial charge in [-0.1, -0.05) is 38.5 Å². The first-order chi connectivity index (χ1) is 12.1. The highest BCUT2D eigenvalue weighted by Gasteiger charge is 2.31. The molecule has 1 saturated heterocycles. The van der Waals surface area contributed by atoms with Crippen molar-refractivity contribution in [1.82, 2.24) is 9.80 Å². The zero-order valence-electron chi connectivity index (χ0n) is 15.6. The van der Waals surface area contributed by atoms with Gasteiger partial charge in [-0.3, -0.25) is 9.59 Å². The first kappa shape index (κ1) is 18.7. The highest BCUT2D eigenvalue weighted by atomic mass is 16.2. The van der Waals surface area contributed by atoms with Crippen LogP contribution in [-0.4, -0.2) is 53.8 Å². The van der Waals surface area contributed by atoms with E-state index >= 15 is 0 Å². The van der Waals surface area contributed by atoms with Crippen LogP contribution in [0.2, 0.25) is 0 Å². The molecular weight excluding hydrogens is 314 g/mol. The van der Waals surface area contributed by atoms with E-state index in [2.05, 4.69) is 0 Å². The summed E-state index contributed by atoms with van der Waals surface area (Å²) < 4.78 is 0. The van der Waals surface area contributed by atoms with Crippen LogP contribution in [0, 0.1) is 11.8 Å². The molecule has 0 spiro atoms. The van der Waals surface area contributed by atoms with E-state index in [0.717, 1.165) is 38.0 Å². The minimum Gasteiger partial charge on any atom is -0.339 e. The molecule has 2 atom stereocenters. The lowest BCUT2D eigenvalue weighted by molar-refractivity contribution is -0.143. The minimum absolute atomic E-state index is 0.109. The van der Waals surface area contributed by atoms with Gasteiger partial charge in [-0.05, 0) is 31.6 Å². The highest BCUT2D eigenvalue weighted by molar-refractivity contribution is 5.80. The number of piperazine rings is 1. The molecule has 0 radical (unpaired) electrons. The molecule has 25 heavy (non-hydrogen) atoms. The first-order valence-electron chi connectivity index (χ1n) is 10.5. The molecule has 2 N–H and O–H groups in total. The quantitative estimate of drug-likeness (QED) is 0.848. The molecule has 1 aliphatic heterocycles. The molecule has 2 aliphatic carbocycles. The molecule has 2 amide bonds. The third kappa shape index (κ3) is 5.19. The summed E-state index contributed by atoms with van der Waals surface area (Å²) in [6.45, 7) is 2.79. The first-order valence-corrected chi connectivity index (χ1v) is 10.5. The third-order valence-electron chi connectivity index (χ3n) is 6.50. The van der Waals surface area contributed by atoms with E-state index in [4.69, 9.17) is 5.73 Å². The maximum atomic E-state index is 12.7. The Morgan fingerprint density at radius 1 is 0.840 bits per heavy atom. The van der Waals surface area contributed by atoms with Crippen LogP contribution in [0.15, 0.2) is 0 Å². The zero-order chi connectivity index (χ0) is 17.6. The molecule has 5 nitrogen and oxygen atoms in total. The normalized spacial score (nSPS) is 28.8. The summed E-state index contributed by atoms with van der Waals surface area (Å²) in [6, 6.07) is 0.186. The molecule has 3 aliphatic rings. The van der Waals surface area contributed by atoms with Crippen molar-refractivity contribution in [1.29, 1.82) is 0 Å². The van der Waals surface area contributed by atoms with E-state index in [-0.39, 0.29) is 23.8 Å². The fraction of sp³-hybridized carbons (Fsp3) is 0.900. The standard InChI is InChI=1S/C20H35N3O2/c21-18-8-4-7-17(15-18)20(25)23-13-11-22(12-14-23)19(24)10-9-16-5-2-1-3-6-16/h16-18H,1-15,21H2. The number of nitrogens with zero attached hydrogens (tertiary/aromatic N) is 2. The summed E-state index contributed by atoms with van der Waals surface area (Å²) in [5.41, 5.74) is 6.03. The van der Waals surface area contributed by atoms with Gasteiger partial charge in [0.15, 0.2) is 0 Å². The summed E-state index contributed by atoms with van der Waals surface area (Å²) in [5, 5.41) is 0. The van der Waals surface area contributed by atoms with Crippen molar-refractivity contribution in [2.24, 2.45) is 17.6 Å². The summed E-state index contributed by atoms with van der Waals surface area (Å²) >= 11 is 0. The van der Waals surface area contributed by atoms with Crippen LogP contribution in [0.5, 0.6) is 0 Å². The van der Waals surface area contributed by atoms with Crippen LogP contribution in [0.25, 0.3) is 0 Å². The number of nitrogens with two attached hydrogens (primary N) is 1.